The number of carbonyl (C=O) groups excluding carboxylic acids is 1. The lowest BCUT2D eigenvalue weighted by molar-refractivity contribution is -0.120. The number of carbonyl (C=O) groups is 1. The number of hydrogen-bond acceptors (Lipinski definition) is 3. The van der Waals surface area contributed by atoms with Crippen LogP contribution in [-0.2, 0) is 11.3 Å². The smallest absolute Gasteiger partial charge is 0.233 e. The normalized spacial score (nSPS) is 12.0. The Kier molecular flexibility index (Phi) is 6.19. The predicted octanol–water partition coefficient (Wildman–Crippen LogP) is 4.77. The Morgan fingerprint density at radius 3 is 2.67 bits per heavy atom. The van der Waals surface area contributed by atoms with E-state index in [-0.39, 0.29) is 23.5 Å². The summed E-state index contributed by atoms with van der Waals surface area (Å²) in [5, 5.41) is 3.24. The molecule has 0 saturated heterocycles. The van der Waals surface area contributed by atoms with E-state index in [1.54, 1.807) is 41.2 Å². The van der Waals surface area contributed by atoms with Crippen LogP contribution in [0.5, 0.6) is 0 Å². The molecule has 4 nitrogen and oxygen atoms in total. The second-order valence-corrected chi connectivity index (χ2v) is 7.91. The summed E-state index contributed by atoms with van der Waals surface area (Å²) >= 11 is 7.32. The molecular formula is C20H19ClFN3OS. The molecule has 0 aliphatic rings. The minimum absolute atomic E-state index is 0.107. The first-order chi connectivity index (χ1) is 12.9. The highest BCUT2D eigenvalue weighted by Gasteiger charge is 2.15. The summed E-state index contributed by atoms with van der Waals surface area (Å²) in [6.45, 7) is 3.91. The molecule has 7 heteroatoms. The number of halogens is 2. The number of nitrogens with one attached hydrogen (secondary N) is 1. The summed E-state index contributed by atoms with van der Waals surface area (Å²) in [6.07, 6.45) is 3.34. The van der Waals surface area contributed by atoms with Gasteiger partial charge in [0.15, 0.2) is 0 Å². The molecule has 0 spiro atoms. The van der Waals surface area contributed by atoms with E-state index in [9.17, 15) is 9.18 Å². The SMILES string of the molecule is Cc1nccn1-c1ccc(CNC(=O)C(C)Sc2ccc(Cl)cc2)cc1F. The molecule has 1 heterocycles. The van der Waals surface area contributed by atoms with E-state index in [1.807, 2.05) is 26.0 Å². The molecule has 0 fully saturated rings. The maximum absolute atomic E-state index is 14.4. The number of hydrogen-bond donors (Lipinski definition) is 1. The van der Waals surface area contributed by atoms with Crippen LogP contribution in [0.1, 0.15) is 18.3 Å². The molecule has 1 atom stereocenters. The van der Waals surface area contributed by atoms with Gasteiger partial charge in [-0.3, -0.25) is 4.79 Å². The van der Waals surface area contributed by atoms with Gasteiger partial charge < -0.3 is 9.88 Å². The Balaban J connectivity index is 1.59. The minimum atomic E-state index is -0.355. The van der Waals surface area contributed by atoms with Gasteiger partial charge in [0.05, 0.1) is 10.9 Å². The molecule has 0 aliphatic heterocycles. The number of benzene rings is 2. The number of nitrogens with zero attached hydrogens (tertiary/aromatic N) is 2. The summed E-state index contributed by atoms with van der Waals surface area (Å²) in [4.78, 5) is 17.4. The van der Waals surface area contributed by atoms with Gasteiger partial charge in [-0.1, -0.05) is 17.7 Å². The van der Waals surface area contributed by atoms with Crippen molar-refractivity contribution in [3.63, 3.8) is 0 Å². The number of imidazole rings is 1. The van der Waals surface area contributed by atoms with Crippen molar-refractivity contribution in [2.24, 2.45) is 0 Å². The topological polar surface area (TPSA) is 46.9 Å². The summed E-state index contributed by atoms with van der Waals surface area (Å²) in [5.74, 6) is 0.249. The molecule has 1 amide bonds. The number of aryl methyl sites for hydroxylation is 1. The van der Waals surface area contributed by atoms with Crippen LogP contribution in [0.4, 0.5) is 4.39 Å². The molecule has 140 valence electrons. The van der Waals surface area contributed by atoms with Crippen LogP contribution >= 0.6 is 23.4 Å². The van der Waals surface area contributed by atoms with Gasteiger partial charge in [-0.05, 0) is 55.8 Å². The molecule has 0 saturated carbocycles. The minimum Gasteiger partial charge on any atom is -0.351 e. The third-order valence-electron chi connectivity index (χ3n) is 4.06. The van der Waals surface area contributed by atoms with Gasteiger partial charge in [0, 0.05) is 28.9 Å². The molecule has 1 aromatic heterocycles. The molecule has 3 rings (SSSR count). The van der Waals surface area contributed by atoms with Crippen molar-refractivity contribution in [3.8, 4) is 5.69 Å². The number of thioether (sulfide) groups is 1. The zero-order valence-electron chi connectivity index (χ0n) is 14.9. The van der Waals surface area contributed by atoms with Gasteiger partial charge >= 0.3 is 0 Å². The zero-order valence-corrected chi connectivity index (χ0v) is 16.5. The highest BCUT2D eigenvalue weighted by molar-refractivity contribution is 8.00. The van der Waals surface area contributed by atoms with E-state index in [4.69, 9.17) is 11.6 Å². The summed E-state index contributed by atoms with van der Waals surface area (Å²) in [6, 6.07) is 12.3. The van der Waals surface area contributed by atoms with Crippen LogP contribution in [0.15, 0.2) is 59.8 Å². The molecule has 3 aromatic rings. The first kappa shape index (κ1) is 19.5. The van der Waals surface area contributed by atoms with E-state index >= 15 is 0 Å². The lowest BCUT2D eigenvalue weighted by Crippen LogP contribution is -2.30. The molecular weight excluding hydrogens is 385 g/mol. The van der Waals surface area contributed by atoms with Gasteiger partial charge in [0.1, 0.15) is 11.6 Å². The van der Waals surface area contributed by atoms with Crippen LogP contribution in [0.25, 0.3) is 5.69 Å². The fourth-order valence-electron chi connectivity index (χ4n) is 2.59. The highest BCUT2D eigenvalue weighted by atomic mass is 35.5. The van der Waals surface area contributed by atoms with Crippen LogP contribution in [0.2, 0.25) is 5.02 Å². The van der Waals surface area contributed by atoms with Gasteiger partial charge in [-0.25, -0.2) is 9.37 Å². The standard InChI is InChI=1S/C20H19ClFN3OS/c1-13(27-17-6-4-16(21)5-7-17)20(26)24-12-15-3-8-19(18(22)11-15)25-10-9-23-14(25)2/h3-11,13H,12H2,1-2H3,(H,24,26). The maximum atomic E-state index is 14.4. The number of rotatable bonds is 6. The van der Waals surface area contributed by atoms with Crippen molar-refractivity contribution in [1.82, 2.24) is 14.9 Å². The molecule has 0 radical (unpaired) electrons. The van der Waals surface area contributed by atoms with Crippen molar-refractivity contribution in [2.45, 2.75) is 30.5 Å². The average molecular weight is 404 g/mol. The summed E-state index contributed by atoms with van der Waals surface area (Å²) in [7, 11) is 0. The quantitative estimate of drug-likeness (QED) is 0.603. The second-order valence-electron chi connectivity index (χ2n) is 6.06. The Labute approximate surface area is 166 Å². The van der Waals surface area contributed by atoms with Crippen molar-refractivity contribution in [2.75, 3.05) is 0 Å². The predicted molar refractivity (Wildman–Crippen MR) is 107 cm³/mol. The molecule has 0 aliphatic carbocycles. The lowest BCUT2D eigenvalue weighted by atomic mass is 10.2. The number of amides is 1. The molecule has 2 aromatic carbocycles. The molecule has 1 unspecified atom stereocenters. The summed E-state index contributed by atoms with van der Waals surface area (Å²) in [5.41, 5.74) is 1.14. The van der Waals surface area contributed by atoms with Crippen molar-refractivity contribution >= 4 is 29.3 Å². The van der Waals surface area contributed by atoms with Gasteiger partial charge in [-0.15, -0.1) is 11.8 Å². The first-order valence-electron chi connectivity index (χ1n) is 8.42. The zero-order chi connectivity index (χ0) is 19.4. The average Bonchev–Trinajstić information content (AvgIpc) is 3.07. The van der Waals surface area contributed by atoms with Crippen LogP contribution in [-0.4, -0.2) is 20.7 Å². The van der Waals surface area contributed by atoms with Crippen molar-refractivity contribution in [3.05, 3.63) is 77.1 Å². The summed E-state index contributed by atoms with van der Waals surface area (Å²) < 4.78 is 16.1. The van der Waals surface area contributed by atoms with Crippen molar-refractivity contribution < 1.29 is 9.18 Å². The fourth-order valence-corrected chi connectivity index (χ4v) is 3.61. The lowest BCUT2D eigenvalue weighted by Gasteiger charge is -2.13. The van der Waals surface area contributed by atoms with Crippen LogP contribution < -0.4 is 5.32 Å². The number of aromatic nitrogens is 2. The first-order valence-corrected chi connectivity index (χ1v) is 9.68. The maximum Gasteiger partial charge on any atom is 0.233 e. The molecule has 27 heavy (non-hydrogen) atoms. The second kappa shape index (κ2) is 8.59. The van der Waals surface area contributed by atoms with E-state index < -0.39 is 0 Å². The Morgan fingerprint density at radius 1 is 1.30 bits per heavy atom. The Morgan fingerprint density at radius 2 is 2.04 bits per heavy atom. The van der Waals surface area contributed by atoms with Crippen LogP contribution in [0.3, 0.4) is 0 Å². The highest BCUT2D eigenvalue weighted by Crippen LogP contribution is 2.25. The van der Waals surface area contributed by atoms with Gasteiger partial charge in [-0.2, -0.15) is 0 Å². The Bertz CT molecular complexity index is 943. The third kappa shape index (κ3) is 4.90. The van der Waals surface area contributed by atoms with E-state index in [0.29, 0.717) is 22.1 Å². The third-order valence-corrected chi connectivity index (χ3v) is 5.42. The molecule has 0 bridgehead atoms. The van der Waals surface area contributed by atoms with E-state index in [0.717, 1.165) is 4.90 Å². The molecule has 1 N–H and O–H groups in total. The largest absolute Gasteiger partial charge is 0.351 e. The van der Waals surface area contributed by atoms with Crippen LogP contribution in [0, 0.1) is 12.7 Å². The van der Waals surface area contributed by atoms with Gasteiger partial charge in [0.2, 0.25) is 5.91 Å². The fraction of sp³-hybridized carbons (Fsp3) is 0.200. The Hall–Kier alpha value is -2.31. The van der Waals surface area contributed by atoms with E-state index in [1.165, 1.54) is 17.8 Å². The van der Waals surface area contributed by atoms with Gasteiger partial charge in [0.25, 0.3) is 0 Å². The monoisotopic (exact) mass is 403 g/mol. The van der Waals surface area contributed by atoms with Crippen molar-refractivity contribution in [1.29, 1.82) is 0 Å². The van der Waals surface area contributed by atoms with E-state index in [2.05, 4.69) is 10.3 Å².